The summed E-state index contributed by atoms with van der Waals surface area (Å²) in [5, 5.41) is 8.56. The van der Waals surface area contributed by atoms with Crippen LogP contribution in [0, 0.1) is 0 Å². The van der Waals surface area contributed by atoms with Crippen LogP contribution in [0.4, 0.5) is 5.69 Å². The lowest BCUT2D eigenvalue weighted by molar-refractivity contribution is -0.119. The molecule has 2 amide bonds. The van der Waals surface area contributed by atoms with Crippen molar-refractivity contribution in [1.82, 2.24) is 10.6 Å². The molecule has 2 rings (SSSR count). The predicted octanol–water partition coefficient (Wildman–Crippen LogP) is 2.84. The molecule has 0 radical (unpaired) electrons. The molecular weight excluding hydrogens is 322 g/mol. The molecule has 0 saturated carbocycles. The lowest BCUT2D eigenvalue weighted by Gasteiger charge is -2.10. The summed E-state index contributed by atoms with van der Waals surface area (Å²) in [6, 6.07) is 16.6. The van der Waals surface area contributed by atoms with Crippen molar-refractivity contribution in [3.05, 3.63) is 65.7 Å². The van der Waals surface area contributed by atoms with Gasteiger partial charge in [-0.3, -0.25) is 9.59 Å². The third kappa shape index (κ3) is 5.48. The third-order valence-corrected chi connectivity index (χ3v) is 3.48. The minimum Gasteiger partial charge on any atom is -0.348 e. The van der Waals surface area contributed by atoms with E-state index in [-0.39, 0.29) is 16.9 Å². The zero-order chi connectivity index (χ0) is 17.4. The van der Waals surface area contributed by atoms with Crippen molar-refractivity contribution < 1.29 is 9.59 Å². The first-order valence-corrected chi connectivity index (χ1v) is 8.02. The molecule has 0 atom stereocenters. The Morgan fingerprint density at radius 1 is 1.00 bits per heavy atom. The predicted molar refractivity (Wildman–Crippen MR) is 98.7 cm³/mol. The van der Waals surface area contributed by atoms with Crippen LogP contribution in [0.25, 0.3) is 0 Å². The van der Waals surface area contributed by atoms with Gasteiger partial charge in [0.1, 0.15) is 0 Å². The van der Waals surface area contributed by atoms with Crippen LogP contribution in [0.3, 0.4) is 0 Å². The zero-order valence-corrected chi connectivity index (χ0v) is 14.2. The molecule has 0 heterocycles. The minimum absolute atomic E-state index is 0.146. The number of hydrogen-bond acceptors (Lipinski definition) is 3. The average Bonchev–Trinajstić information content (AvgIpc) is 2.61. The standard InChI is InChI=1S/C18H19N3O2S/c1-2-16(22)21-18(24)20-15-10-8-14(9-11-15)17(23)19-12-13-6-4-3-5-7-13/h3-11H,2,12H2,1H3,(H,19,23)(H2,20,21,22,24). The Labute approximate surface area is 146 Å². The molecule has 0 aliphatic carbocycles. The number of amides is 2. The second kappa shape index (κ2) is 8.79. The Balaban J connectivity index is 1.88. The van der Waals surface area contributed by atoms with Crippen LogP contribution in [0.15, 0.2) is 54.6 Å². The Hall–Kier alpha value is -2.73. The summed E-state index contributed by atoms with van der Waals surface area (Å²) in [5.74, 6) is -0.295. The molecule has 24 heavy (non-hydrogen) atoms. The van der Waals surface area contributed by atoms with Crippen molar-refractivity contribution >= 4 is 34.8 Å². The molecule has 124 valence electrons. The van der Waals surface area contributed by atoms with Crippen LogP contribution in [0.1, 0.15) is 29.3 Å². The van der Waals surface area contributed by atoms with E-state index in [1.807, 2.05) is 30.3 Å². The van der Waals surface area contributed by atoms with E-state index in [0.717, 1.165) is 5.56 Å². The van der Waals surface area contributed by atoms with Crippen LogP contribution in [0.5, 0.6) is 0 Å². The van der Waals surface area contributed by atoms with E-state index in [0.29, 0.717) is 24.2 Å². The molecule has 5 nitrogen and oxygen atoms in total. The normalized spacial score (nSPS) is 9.88. The van der Waals surface area contributed by atoms with Gasteiger partial charge in [-0.25, -0.2) is 0 Å². The molecule has 0 spiro atoms. The monoisotopic (exact) mass is 341 g/mol. The first-order valence-electron chi connectivity index (χ1n) is 7.61. The number of rotatable bonds is 5. The highest BCUT2D eigenvalue weighted by atomic mass is 32.1. The molecule has 2 aromatic carbocycles. The number of thiocarbonyl (C=S) groups is 1. The van der Waals surface area contributed by atoms with E-state index in [9.17, 15) is 9.59 Å². The SMILES string of the molecule is CCC(=O)NC(=S)Nc1ccc(C(=O)NCc2ccccc2)cc1. The van der Waals surface area contributed by atoms with Gasteiger partial charge in [-0.05, 0) is 42.0 Å². The van der Waals surface area contributed by atoms with Gasteiger partial charge in [0, 0.05) is 24.2 Å². The Kier molecular flexibility index (Phi) is 6.45. The van der Waals surface area contributed by atoms with Crippen LogP contribution in [-0.4, -0.2) is 16.9 Å². The first-order chi connectivity index (χ1) is 11.6. The topological polar surface area (TPSA) is 70.2 Å². The second-order valence-corrected chi connectivity index (χ2v) is 5.51. The van der Waals surface area contributed by atoms with Crippen molar-refractivity contribution in [2.75, 3.05) is 5.32 Å². The number of anilines is 1. The molecule has 0 aliphatic heterocycles. The summed E-state index contributed by atoms with van der Waals surface area (Å²) in [6.45, 7) is 2.23. The van der Waals surface area contributed by atoms with Crippen molar-refractivity contribution in [3.8, 4) is 0 Å². The molecule has 3 N–H and O–H groups in total. The maximum absolute atomic E-state index is 12.1. The summed E-state index contributed by atoms with van der Waals surface area (Å²) in [6.07, 6.45) is 0.363. The van der Waals surface area contributed by atoms with E-state index >= 15 is 0 Å². The zero-order valence-electron chi connectivity index (χ0n) is 13.3. The van der Waals surface area contributed by atoms with Crippen molar-refractivity contribution in [2.45, 2.75) is 19.9 Å². The highest BCUT2D eigenvalue weighted by molar-refractivity contribution is 7.80. The van der Waals surface area contributed by atoms with E-state index in [4.69, 9.17) is 12.2 Å². The fourth-order valence-corrected chi connectivity index (χ4v) is 2.19. The largest absolute Gasteiger partial charge is 0.348 e. The van der Waals surface area contributed by atoms with Crippen LogP contribution in [0.2, 0.25) is 0 Å². The van der Waals surface area contributed by atoms with Gasteiger partial charge >= 0.3 is 0 Å². The molecule has 0 unspecified atom stereocenters. The first kappa shape index (κ1) is 17.6. The van der Waals surface area contributed by atoms with Gasteiger partial charge in [-0.2, -0.15) is 0 Å². The van der Waals surface area contributed by atoms with Crippen LogP contribution in [-0.2, 0) is 11.3 Å². The van der Waals surface area contributed by atoms with E-state index < -0.39 is 0 Å². The molecule has 0 fully saturated rings. The van der Waals surface area contributed by atoms with Gasteiger partial charge in [0.2, 0.25) is 5.91 Å². The lowest BCUT2D eigenvalue weighted by Crippen LogP contribution is -2.33. The molecule has 0 saturated heterocycles. The molecular formula is C18H19N3O2S. The van der Waals surface area contributed by atoms with Crippen LogP contribution < -0.4 is 16.0 Å². The quantitative estimate of drug-likeness (QED) is 0.732. The minimum atomic E-state index is -0.149. The van der Waals surface area contributed by atoms with E-state index in [1.54, 1.807) is 31.2 Å². The lowest BCUT2D eigenvalue weighted by atomic mass is 10.2. The maximum Gasteiger partial charge on any atom is 0.251 e. The van der Waals surface area contributed by atoms with Gasteiger partial charge in [-0.1, -0.05) is 37.3 Å². The van der Waals surface area contributed by atoms with Gasteiger partial charge in [0.05, 0.1) is 0 Å². The summed E-state index contributed by atoms with van der Waals surface area (Å²) in [7, 11) is 0. The van der Waals surface area contributed by atoms with Gasteiger partial charge < -0.3 is 16.0 Å². The number of carbonyl (C=O) groups is 2. The van der Waals surface area contributed by atoms with E-state index in [2.05, 4.69) is 16.0 Å². The van der Waals surface area contributed by atoms with E-state index in [1.165, 1.54) is 0 Å². The van der Waals surface area contributed by atoms with Crippen molar-refractivity contribution in [2.24, 2.45) is 0 Å². The smallest absolute Gasteiger partial charge is 0.251 e. The fourth-order valence-electron chi connectivity index (χ4n) is 1.96. The highest BCUT2D eigenvalue weighted by Gasteiger charge is 2.06. The molecule has 0 aliphatic rings. The summed E-state index contributed by atoms with van der Waals surface area (Å²) in [5.41, 5.74) is 2.30. The van der Waals surface area contributed by atoms with Crippen molar-refractivity contribution in [1.29, 1.82) is 0 Å². The number of benzene rings is 2. The molecule has 0 aromatic heterocycles. The molecule has 6 heteroatoms. The van der Waals surface area contributed by atoms with Crippen LogP contribution >= 0.6 is 12.2 Å². The maximum atomic E-state index is 12.1. The molecule has 0 bridgehead atoms. The fraction of sp³-hybridized carbons (Fsp3) is 0.167. The summed E-state index contributed by atoms with van der Waals surface area (Å²) >= 11 is 5.04. The van der Waals surface area contributed by atoms with Gasteiger partial charge in [0.15, 0.2) is 5.11 Å². The second-order valence-electron chi connectivity index (χ2n) is 5.10. The Morgan fingerprint density at radius 2 is 1.67 bits per heavy atom. The molecule has 2 aromatic rings. The van der Waals surface area contributed by atoms with Crippen molar-refractivity contribution in [3.63, 3.8) is 0 Å². The Morgan fingerprint density at radius 3 is 2.29 bits per heavy atom. The number of hydrogen-bond donors (Lipinski definition) is 3. The Bertz CT molecular complexity index is 715. The number of carbonyl (C=O) groups excluding carboxylic acids is 2. The third-order valence-electron chi connectivity index (χ3n) is 3.27. The summed E-state index contributed by atoms with van der Waals surface area (Å²) < 4.78 is 0. The number of nitrogens with one attached hydrogen (secondary N) is 3. The van der Waals surface area contributed by atoms with Gasteiger partial charge in [0.25, 0.3) is 5.91 Å². The highest BCUT2D eigenvalue weighted by Crippen LogP contribution is 2.10. The summed E-state index contributed by atoms with van der Waals surface area (Å²) in [4.78, 5) is 23.4. The van der Waals surface area contributed by atoms with Gasteiger partial charge in [-0.15, -0.1) is 0 Å². The average molecular weight is 341 g/mol.